The van der Waals surface area contributed by atoms with Crippen LogP contribution in [0.15, 0.2) is 0 Å². The van der Waals surface area contributed by atoms with Gasteiger partial charge in [-0.3, -0.25) is 0 Å². The van der Waals surface area contributed by atoms with Gasteiger partial charge in [-0.05, 0) is 50.0 Å². The van der Waals surface area contributed by atoms with Crippen molar-refractivity contribution in [1.82, 2.24) is 0 Å². The maximum absolute atomic E-state index is 12.0. The van der Waals surface area contributed by atoms with E-state index in [1.807, 2.05) is 0 Å². The molecule has 5 heteroatoms. The molecule has 1 saturated carbocycles. The number of halogens is 3. The Balaban J connectivity index is 2.27. The lowest BCUT2D eigenvalue weighted by molar-refractivity contribution is -0.175. The van der Waals surface area contributed by atoms with Gasteiger partial charge in [0.15, 0.2) is 0 Å². The molecule has 0 bridgehead atoms. The molecule has 2 nitrogen and oxygen atoms in total. The van der Waals surface area contributed by atoms with E-state index in [2.05, 4.69) is 6.92 Å². The molecule has 2 N–H and O–H groups in total. The molecule has 0 aromatic heterocycles. The van der Waals surface area contributed by atoms with Gasteiger partial charge < -0.3 is 10.5 Å². The number of unbranched alkanes of at least 4 members (excludes halogenated alkanes) is 1. The van der Waals surface area contributed by atoms with Crippen LogP contribution in [0.1, 0.15) is 58.3 Å². The zero-order valence-corrected chi connectivity index (χ0v) is 12.5. The Kier molecular flexibility index (Phi) is 7.30. The molecule has 20 heavy (non-hydrogen) atoms. The van der Waals surface area contributed by atoms with E-state index in [-0.39, 0.29) is 12.0 Å². The van der Waals surface area contributed by atoms with Crippen LogP contribution in [0.2, 0.25) is 0 Å². The predicted octanol–water partition coefficient (Wildman–Crippen LogP) is 4.28. The second-order valence-electron chi connectivity index (χ2n) is 6.21. The van der Waals surface area contributed by atoms with Gasteiger partial charge in [-0.15, -0.1) is 0 Å². The summed E-state index contributed by atoms with van der Waals surface area (Å²) in [5, 5.41) is 0. The van der Waals surface area contributed by atoms with Crippen molar-refractivity contribution >= 4 is 0 Å². The Morgan fingerprint density at radius 2 is 1.90 bits per heavy atom. The summed E-state index contributed by atoms with van der Waals surface area (Å²) >= 11 is 0. The van der Waals surface area contributed by atoms with Crippen molar-refractivity contribution in [2.45, 2.75) is 64.5 Å². The Hall–Kier alpha value is -0.290. The minimum Gasteiger partial charge on any atom is -0.372 e. The zero-order valence-electron chi connectivity index (χ0n) is 12.5. The molecular weight excluding hydrogens is 267 g/mol. The van der Waals surface area contributed by atoms with Crippen molar-refractivity contribution in [3.05, 3.63) is 0 Å². The Bertz CT molecular complexity index is 260. The van der Waals surface area contributed by atoms with Crippen molar-refractivity contribution in [1.29, 1.82) is 0 Å². The first kappa shape index (κ1) is 17.8. The molecule has 0 aromatic rings. The van der Waals surface area contributed by atoms with Gasteiger partial charge in [0, 0.05) is 6.61 Å². The summed E-state index contributed by atoms with van der Waals surface area (Å²) in [6, 6.07) is 0. The fourth-order valence-corrected chi connectivity index (χ4v) is 3.10. The second kappa shape index (κ2) is 8.23. The second-order valence-corrected chi connectivity index (χ2v) is 6.21. The van der Waals surface area contributed by atoms with Gasteiger partial charge in [-0.2, -0.15) is 13.2 Å². The highest BCUT2D eigenvalue weighted by molar-refractivity contribution is 4.86. The summed E-state index contributed by atoms with van der Waals surface area (Å²) in [6.45, 7) is 1.77. The third-order valence-electron chi connectivity index (χ3n) is 4.61. The van der Waals surface area contributed by atoms with Crippen LogP contribution in [0.3, 0.4) is 0 Å². The summed E-state index contributed by atoms with van der Waals surface area (Å²) in [5.41, 5.74) is 5.88. The lowest BCUT2D eigenvalue weighted by atomic mass is 9.68. The standard InChI is InChI=1S/C15H28F3NO/c1-2-3-4-13-5-7-14(11-19,8-6-13)9-10-20-12-15(16,17)18/h13H,2-12,19H2,1H3. The van der Waals surface area contributed by atoms with Crippen LogP contribution in [0.5, 0.6) is 0 Å². The minimum absolute atomic E-state index is 0.00825. The molecule has 1 aliphatic carbocycles. The van der Waals surface area contributed by atoms with Crippen LogP contribution in [-0.4, -0.2) is 25.9 Å². The molecule has 0 spiro atoms. The predicted molar refractivity (Wildman–Crippen MR) is 74.5 cm³/mol. The minimum atomic E-state index is -4.23. The molecule has 1 rings (SSSR count). The number of nitrogens with two attached hydrogens (primary N) is 1. The van der Waals surface area contributed by atoms with Crippen molar-refractivity contribution in [3.63, 3.8) is 0 Å². The number of hydrogen-bond donors (Lipinski definition) is 1. The van der Waals surface area contributed by atoms with Gasteiger partial charge in [-0.1, -0.05) is 26.2 Å². The first-order valence-electron chi connectivity index (χ1n) is 7.75. The van der Waals surface area contributed by atoms with Gasteiger partial charge in [0.1, 0.15) is 6.61 Å². The SMILES string of the molecule is CCCCC1CCC(CN)(CCOCC(F)(F)F)CC1. The normalized spacial score (nSPS) is 27.8. The molecule has 0 amide bonds. The summed E-state index contributed by atoms with van der Waals surface area (Å²) in [6.07, 6.45) is 4.60. The molecule has 0 unspecified atom stereocenters. The first-order chi connectivity index (χ1) is 9.41. The van der Waals surface area contributed by atoms with Crippen LogP contribution in [0.4, 0.5) is 13.2 Å². The fraction of sp³-hybridized carbons (Fsp3) is 1.00. The molecule has 0 radical (unpaired) electrons. The Labute approximate surface area is 120 Å². The van der Waals surface area contributed by atoms with Crippen molar-refractivity contribution in [2.24, 2.45) is 17.1 Å². The molecule has 0 aromatic carbocycles. The molecule has 1 fully saturated rings. The molecule has 0 saturated heterocycles. The third kappa shape index (κ3) is 6.44. The number of rotatable bonds is 8. The number of hydrogen-bond acceptors (Lipinski definition) is 2. The largest absolute Gasteiger partial charge is 0.411 e. The van der Waals surface area contributed by atoms with E-state index in [1.165, 1.54) is 19.3 Å². The third-order valence-corrected chi connectivity index (χ3v) is 4.61. The summed E-state index contributed by atoms with van der Waals surface area (Å²) in [4.78, 5) is 0. The Morgan fingerprint density at radius 3 is 2.40 bits per heavy atom. The van der Waals surface area contributed by atoms with Crippen molar-refractivity contribution < 1.29 is 17.9 Å². The van der Waals surface area contributed by atoms with Gasteiger partial charge in [-0.25, -0.2) is 0 Å². The van der Waals surface area contributed by atoms with E-state index in [0.717, 1.165) is 31.6 Å². The Morgan fingerprint density at radius 1 is 1.25 bits per heavy atom. The number of alkyl halides is 3. The lowest BCUT2D eigenvalue weighted by Crippen LogP contribution is -2.36. The van der Waals surface area contributed by atoms with Crippen LogP contribution in [0, 0.1) is 11.3 Å². The number of ether oxygens (including phenoxy) is 1. The highest BCUT2D eigenvalue weighted by Gasteiger charge is 2.34. The first-order valence-corrected chi connectivity index (χ1v) is 7.75. The van der Waals surface area contributed by atoms with Crippen molar-refractivity contribution in [3.8, 4) is 0 Å². The van der Waals surface area contributed by atoms with Gasteiger partial charge >= 0.3 is 6.18 Å². The monoisotopic (exact) mass is 295 g/mol. The molecule has 0 aliphatic heterocycles. The highest BCUT2D eigenvalue weighted by Crippen LogP contribution is 2.42. The van der Waals surface area contributed by atoms with E-state index in [0.29, 0.717) is 13.0 Å². The fourth-order valence-electron chi connectivity index (χ4n) is 3.10. The highest BCUT2D eigenvalue weighted by atomic mass is 19.4. The zero-order chi connectivity index (χ0) is 15.1. The summed E-state index contributed by atoms with van der Waals surface area (Å²) in [5.74, 6) is 0.783. The molecule has 1 aliphatic rings. The van der Waals surface area contributed by atoms with Crippen molar-refractivity contribution in [2.75, 3.05) is 19.8 Å². The summed E-state index contributed by atoms with van der Waals surface area (Å²) in [7, 11) is 0. The summed E-state index contributed by atoms with van der Waals surface area (Å²) < 4.78 is 40.8. The van der Waals surface area contributed by atoms with Crippen LogP contribution in [-0.2, 0) is 4.74 Å². The quantitative estimate of drug-likeness (QED) is 0.678. The lowest BCUT2D eigenvalue weighted by Gasteiger charge is -2.39. The topological polar surface area (TPSA) is 35.2 Å². The van der Waals surface area contributed by atoms with E-state index in [1.54, 1.807) is 0 Å². The van der Waals surface area contributed by atoms with E-state index >= 15 is 0 Å². The van der Waals surface area contributed by atoms with Gasteiger partial charge in [0.05, 0.1) is 0 Å². The smallest absolute Gasteiger partial charge is 0.372 e. The van der Waals surface area contributed by atoms with Crippen LogP contribution < -0.4 is 5.73 Å². The molecule has 120 valence electrons. The average molecular weight is 295 g/mol. The molecule has 0 heterocycles. The maximum Gasteiger partial charge on any atom is 0.411 e. The van der Waals surface area contributed by atoms with E-state index < -0.39 is 12.8 Å². The van der Waals surface area contributed by atoms with E-state index in [4.69, 9.17) is 10.5 Å². The van der Waals surface area contributed by atoms with E-state index in [9.17, 15) is 13.2 Å². The van der Waals surface area contributed by atoms with Crippen LogP contribution >= 0.6 is 0 Å². The average Bonchev–Trinajstić information content (AvgIpc) is 2.42. The molecule has 0 atom stereocenters. The maximum atomic E-state index is 12.0. The van der Waals surface area contributed by atoms with Gasteiger partial charge in [0.25, 0.3) is 0 Å². The van der Waals surface area contributed by atoms with Gasteiger partial charge in [0.2, 0.25) is 0 Å². The van der Waals surface area contributed by atoms with Crippen LogP contribution in [0.25, 0.3) is 0 Å². The molecular formula is C15H28F3NO.